The summed E-state index contributed by atoms with van der Waals surface area (Å²) in [4.78, 5) is 31.7. The molecule has 1 N–H and O–H groups in total. The summed E-state index contributed by atoms with van der Waals surface area (Å²) in [7, 11) is 0. The normalized spacial score (nSPS) is 14.0. The van der Waals surface area contributed by atoms with Crippen LogP contribution in [0, 0.1) is 0 Å². The second kappa shape index (κ2) is 7.97. The standard InChI is InChI=1S/C19H24N4O2S/c1-4-23(14(3)25)19-21-16(12-26-19)11-22-9-8-17-15(10-22)6-5-7-18(17)20-13(2)24/h5-7,12H,4,8-11H2,1-3H3,(H,20,24). The van der Waals surface area contributed by atoms with Crippen LogP contribution in [-0.2, 0) is 29.1 Å². The molecule has 0 saturated carbocycles. The van der Waals surface area contributed by atoms with Crippen LogP contribution in [0.5, 0.6) is 0 Å². The molecule has 0 aliphatic carbocycles. The molecule has 1 aliphatic heterocycles. The van der Waals surface area contributed by atoms with Gasteiger partial charge in [-0.15, -0.1) is 11.3 Å². The molecule has 0 atom stereocenters. The number of benzene rings is 1. The van der Waals surface area contributed by atoms with E-state index >= 15 is 0 Å². The Morgan fingerprint density at radius 2 is 2.15 bits per heavy atom. The quantitative estimate of drug-likeness (QED) is 0.876. The first-order chi connectivity index (χ1) is 12.5. The first-order valence-electron chi connectivity index (χ1n) is 8.81. The Morgan fingerprint density at radius 1 is 1.35 bits per heavy atom. The number of rotatable bonds is 5. The van der Waals surface area contributed by atoms with Crippen LogP contribution in [0.2, 0.25) is 0 Å². The van der Waals surface area contributed by atoms with Crippen molar-refractivity contribution < 1.29 is 9.59 Å². The summed E-state index contributed by atoms with van der Waals surface area (Å²) in [6, 6.07) is 6.07. The zero-order valence-corrected chi connectivity index (χ0v) is 16.2. The fraction of sp³-hybridized carbons (Fsp3) is 0.421. The molecule has 3 rings (SSSR count). The first kappa shape index (κ1) is 18.5. The highest BCUT2D eigenvalue weighted by atomic mass is 32.1. The Kier molecular flexibility index (Phi) is 5.68. The third-order valence-corrected chi connectivity index (χ3v) is 5.42. The van der Waals surface area contributed by atoms with Crippen molar-refractivity contribution in [3.05, 3.63) is 40.4 Å². The molecule has 2 amide bonds. The van der Waals surface area contributed by atoms with Gasteiger partial charge in [-0.25, -0.2) is 4.98 Å². The Balaban J connectivity index is 1.70. The summed E-state index contributed by atoms with van der Waals surface area (Å²) in [6.07, 6.45) is 0.900. The molecule has 1 aromatic carbocycles. The topological polar surface area (TPSA) is 65.5 Å². The number of fused-ring (bicyclic) bond motifs is 1. The number of thiazole rings is 1. The lowest BCUT2D eigenvalue weighted by molar-refractivity contribution is -0.116. The molecule has 0 saturated heterocycles. The molecule has 0 fully saturated rings. The van der Waals surface area contributed by atoms with Crippen molar-refractivity contribution in [1.82, 2.24) is 9.88 Å². The molecule has 1 aromatic heterocycles. The van der Waals surface area contributed by atoms with Crippen LogP contribution in [0.15, 0.2) is 23.6 Å². The SMILES string of the molecule is CCN(C(C)=O)c1nc(CN2CCc3c(cccc3NC(C)=O)C2)cs1. The van der Waals surface area contributed by atoms with Gasteiger partial charge in [0.15, 0.2) is 5.13 Å². The van der Waals surface area contributed by atoms with E-state index in [0.717, 1.165) is 42.6 Å². The van der Waals surface area contributed by atoms with Crippen molar-refractivity contribution in [2.24, 2.45) is 0 Å². The summed E-state index contributed by atoms with van der Waals surface area (Å²) < 4.78 is 0. The van der Waals surface area contributed by atoms with Gasteiger partial charge in [-0.05, 0) is 30.5 Å². The number of carbonyl (C=O) groups is 2. The Hall–Kier alpha value is -2.25. The molecule has 7 heteroatoms. The molecular weight excluding hydrogens is 348 g/mol. The number of hydrogen-bond acceptors (Lipinski definition) is 5. The fourth-order valence-corrected chi connectivity index (χ4v) is 4.25. The van der Waals surface area contributed by atoms with Crippen molar-refractivity contribution in [3.63, 3.8) is 0 Å². The maximum absolute atomic E-state index is 11.7. The Bertz CT molecular complexity index is 818. The van der Waals surface area contributed by atoms with Gasteiger partial charge in [-0.1, -0.05) is 12.1 Å². The smallest absolute Gasteiger partial charge is 0.225 e. The largest absolute Gasteiger partial charge is 0.326 e. The van der Waals surface area contributed by atoms with E-state index in [4.69, 9.17) is 0 Å². The predicted octanol–water partition coefficient (Wildman–Crippen LogP) is 3.03. The molecule has 2 aromatic rings. The van der Waals surface area contributed by atoms with E-state index in [1.54, 1.807) is 11.8 Å². The summed E-state index contributed by atoms with van der Waals surface area (Å²) in [5, 5.41) is 5.72. The first-order valence-corrected chi connectivity index (χ1v) is 9.69. The summed E-state index contributed by atoms with van der Waals surface area (Å²) in [6.45, 7) is 8.20. The van der Waals surface area contributed by atoms with Gasteiger partial charge >= 0.3 is 0 Å². The highest BCUT2D eigenvalue weighted by Gasteiger charge is 2.21. The maximum Gasteiger partial charge on any atom is 0.225 e. The van der Waals surface area contributed by atoms with Gasteiger partial charge in [-0.3, -0.25) is 19.4 Å². The van der Waals surface area contributed by atoms with Crippen LogP contribution in [0.1, 0.15) is 37.6 Å². The van der Waals surface area contributed by atoms with Gasteiger partial charge in [0.05, 0.1) is 5.69 Å². The van der Waals surface area contributed by atoms with E-state index < -0.39 is 0 Å². The minimum Gasteiger partial charge on any atom is -0.326 e. The summed E-state index contributed by atoms with van der Waals surface area (Å²) >= 11 is 1.51. The Morgan fingerprint density at radius 3 is 2.85 bits per heavy atom. The van der Waals surface area contributed by atoms with Gasteiger partial charge in [0.1, 0.15) is 0 Å². The zero-order valence-electron chi connectivity index (χ0n) is 15.4. The maximum atomic E-state index is 11.7. The van der Waals surface area contributed by atoms with Crippen LogP contribution < -0.4 is 10.2 Å². The van der Waals surface area contributed by atoms with E-state index in [2.05, 4.69) is 21.3 Å². The van der Waals surface area contributed by atoms with Crippen LogP contribution in [0.3, 0.4) is 0 Å². The van der Waals surface area contributed by atoms with Crippen molar-refractivity contribution in [1.29, 1.82) is 0 Å². The minimum atomic E-state index is -0.0400. The van der Waals surface area contributed by atoms with Gasteiger partial charge in [0.25, 0.3) is 0 Å². The molecule has 0 unspecified atom stereocenters. The molecule has 2 heterocycles. The summed E-state index contributed by atoms with van der Waals surface area (Å²) in [5.41, 5.74) is 4.39. The molecule has 0 spiro atoms. The van der Waals surface area contributed by atoms with E-state index in [0.29, 0.717) is 6.54 Å². The van der Waals surface area contributed by atoms with Gasteiger partial charge < -0.3 is 5.32 Å². The Labute approximate surface area is 157 Å². The van der Waals surface area contributed by atoms with Gasteiger partial charge in [0, 0.05) is 51.1 Å². The molecule has 0 bridgehead atoms. The molecule has 1 aliphatic rings. The van der Waals surface area contributed by atoms with Crippen LogP contribution in [0.25, 0.3) is 0 Å². The molecule has 138 valence electrons. The van der Waals surface area contributed by atoms with E-state index in [1.807, 2.05) is 24.4 Å². The van der Waals surface area contributed by atoms with Crippen LogP contribution in [0.4, 0.5) is 10.8 Å². The second-order valence-corrected chi connectivity index (χ2v) is 7.31. The predicted molar refractivity (Wildman–Crippen MR) is 104 cm³/mol. The second-order valence-electron chi connectivity index (χ2n) is 6.47. The van der Waals surface area contributed by atoms with E-state index in [1.165, 1.54) is 29.4 Å². The summed E-state index contributed by atoms with van der Waals surface area (Å²) in [5.74, 6) is -0.0208. The average molecular weight is 372 g/mol. The van der Waals surface area contributed by atoms with Crippen molar-refractivity contribution in [2.45, 2.75) is 40.3 Å². The number of amides is 2. The number of nitrogens with zero attached hydrogens (tertiary/aromatic N) is 3. The zero-order chi connectivity index (χ0) is 18.7. The van der Waals surface area contributed by atoms with E-state index in [-0.39, 0.29) is 11.8 Å². The fourth-order valence-electron chi connectivity index (χ4n) is 3.32. The molecule has 26 heavy (non-hydrogen) atoms. The van der Waals surface area contributed by atoms with Crippen LogP contribution in [-0.4, -0.2) is 34.8 Å². The number of aromatic nitrogens is 1. The molecule has 6 nitrogen and oxygen atoms in total. The highest BCUT2D eigenvalue weighted by Crippen LogP contribution is 2.28. The highest BCUT2D eigenvalue weighted by molar-refractivity contribution is 7.14. The monoisotopic (exact) mass is 372 g/mol. The van der Waals surface area contributed by atoms with Crippen LogP contribution >= 0.6 is 11.3 Å². The van der Waals surface area contributed by atoms with Gasteiger partial charge in [-0.2, -0.15) is 0 Å². The number of carbonyl (C=O) groups excluding carboxylic acids is 2. The lowest BCUT2D eigenvalue weighted by Gasteiger charge is -2.29. The molecular formula is C19H24N4O2S. The molecule has 0 radical (unpaired) electrons. The van der Waals surface area contributed by atoms with Crippen molar-refractivity contribution >= 4 is 34.0 Å². The average Bonchev–Trinajstić information content (AvgIpc) is 3.02. The third-order valence-electron chi connectivity index (χ3n) is 4.51. The number of nitrogens with one attached hydrogen (secondary N) is 1. The number of hydrogen-bond donors (Lipinski definition) is 1. The third kappa shape index (κ3) is 4.11. The van der Waals surface area contributed by atoms with Gasteiger partial charge in [0.2, 0.25) is 11.8 Å². The minimum absolute atomic E-state index is 0.0193. The van der Waals surface area contributed by atoms with E-state index in [9.17, 15) is 9.59 Å². The number of anilines is 2. The van der Waals surface area contributed by atoms with Crippen molar-refractivity contribution in [3.8, 4) is 0 Å². The van der Waals surface area contributed by atoms with Crippen molar-refractivity contribution in [2.75, 3.05) is 23.3 Å². The lowest BCUT2D eigenvalue weighted by atomic mass is 9.97. The lowest BCUT2D eigenvalue weighted by Crippen LogP contribution is -2.31.